The van der Waals surface area contributed by atoms with Crippen LogP contribution in [0.15, 0.2) is 18.2 Å². The van der Waals surface area contributed by atoms with Gasteiger partial charge in [-0.15, -0.1) is 0 Å². The Morgan fingerprint density at radius 3 is 3.13 bits per heavy atom. The molecule has 0 spiro atoms. The number of benzene rings is 1. The van der Waals surface area contributed by atoms with Crippen LogP contribution >= 0.6 is 11.8 Å². The SMILES string of the molecule is CSCCc1nc2c(C#N)cccc2[nH]1. The summed E-state index contributed by atoms with van der Waals surface area (Å²) in [5, 5.41) is 8.91. The first kappa shape index (κ1) is 10.1. The maximum atomic E-state index is 8.91. The average Bonchev–Trinajstić information content (AvgIpc) is 2.68. The number of aromatic nitrogens is 2. The highest BCUT2D eigenvalue weighted by Crippen LogP contribution is 2.16. The number of hydrogen-bond acceptors (Lipinski definition) is 3. The average molecular weight is 217 g/mol. The second-order valence-corrected chi connectivity index (χ2v) is 4.23. The van der Waals surface area contributed by atoms with Crippen LogP contribution in [0.4, 0.5) is 0 Å². The minimum absolute atomic E-state index is 0.638. The lowest BCUT2D eigenvalue weighted by atomic mass is 10.2. The van der Waals surface area contributed by atoms with Crippen molar-refractivity contribution in [3.8, 4) is 6.07 Å². The number of nitrogens with zero attached hydrogens (tertiary/aromatic N) is 2. The Bertz CT molecular complexity index is 510. The van der Waals surface area contributed by atoms with Gasteiger partial charge in [0, 0.05) is 12.2 Å². The van der Waals surface area contributed by atoms with Gasteiger partial charge in [0.1, 0.15) is 17.4 Å². The quantitative estimate of drug-likeness (QED) is 0.858. The number of aromatic amines is 1. The van der Waals surface area contributed by atoms with Crippen molar-refractivity contribution in [1.29, 1.82) is 5.26 Å². The molecule has 2 rings (SSSR count). The number of H-pyrrole nitrogens is 1. The fourth-order valence-electron chi connectivity index (χ4n) is 1.49. The highest BCUT2D eigenvalue weighted by atomic mass is 32.2. The van der Waals surface area contributed by atoms with Crippen LogP contribution in [0, 0.1) is 11.3 Å². The van der Waals surface area contributed by atoms with E-state index in [0.29, 0.717) is 5.56 Å². The molecule has 0 aliphatic carbocycles. The number of para-hydroxylation sites is 1. The second-order valence-electron chi connectivity index (χ2n) is 3.24. The molecule has 4 heteroatoms. The molecule has 1 N–H and O–H groups in total. The van der Waals surface area contributed by atoms with E-state index < -0.39 is 0 Å². The zero-order valence-electron chi connectivity index (χ0n) is 8.45. The molecular formula is C11H11N3S. The van der Waals surface area contributed by atoms with Gasteiger partial charge < -0.3 is 4.98 Å². The Hall–Kier alpha value is -1.47. The van der Waals surface area contributed by atoms with Gasteiger partial charge in [0.2, 0.25) is 0 Å². The molecule has 0 fully saturated rings. The van der Waals surface area contributed by atoms with E-state index in [-0.39, 0.29) is 0 Å². The third kappa shape index (κ3) is 1.97. The lowest BCUT2D eigenvalue weighted by Crippen LogP contribution is -1.89. The van der Waals surface area contributed by atoms with Gasteiger partial charge in [-0.2, -0.15) is 17.0 Å². The summed E-state index contributed by atoms with van der Waals surface area (Å²) >= 11 is 1.79. The summed E-state index contributed by atoms with van der Waals surface area (Å²) in [6, 6.07) is 7.77. The standard InChI is InChI=1S/C11H11N3S/c1-15-6-5-10-13-9-4-2-3-8(7-12)11(9)14-10/h2-4H,5-6H2,1H3,(H,13,14). The van der Waals surface area contributed by atoms with Crippen molar-refractivity contribution < 1.29 is 0 Å². The largest absolute Gasteiger partial charge is 0.342 e. The summed E-state index contributed by atoms with van der Waals surface area (Å²) in [5.74, 6) is 2.00. The molecule has 0 atom stereocenters. The van der Waals surface area contributed by atoms with Crippen molar-refractivity contribution in [3.63, 3.8) is 0 Å². The van der Waals surface area contributed by atoms with Crippen LogP contribution in [0.5, 0.6) is 0 Å². The van der Waals surface area contributed by atoms with Gasteiger partial charge in [-0.1, -0.05) is 6.07 Å². The van der Waals surface area contributed by atoms with Crippen LogP contribution in [0.1, 0.15) is 11.4 Å². The van der Waals surface area contributed by atoms with E-state index >= 15 is 0 Å². The maximum Gasteiger partial charge on any atom is 0.108 e. The molecule has 0 aliphatic rings. The van der Waals surface area contributed by atoms with Gasteiger partial charge in [-0.25, -0.2) is 4.98 Å². The molecule has 0 unspecified atom stereocenters. The topological polar surface area (TPSA) is 52.5 Å². The molecular weight excluding hydrogens is 206 g/mol. The summed E-state index contributed by atoms with van der Waals surface area (Å²) in [6.45, 7) is 0. The molecule has 2 aromatic rings. The summed E-state index contributed by atoms with van der Waals surface area (Å²) < 4.78 is 0. The Morgan fingerprint density at radius 2 is 2.40 bits per heavy atom. The number of fused-ring (bicyclic) bond motifs is 1. The highest BCUT2D eigenvalue weighted by molar-refractivity contribution is 7.98. The predicted octanol–water partition coefficient (Wildman–Crippen LogP) is 2.34. The van der Waals surface area contributed by atoms with Gasteiger partial charge in [0.05, 0.1) is 11.1 Å². The Morgan fingerprint density at radius 1 is 1.53 bits per heavy atom. The fraction of sp³-hybridized carbons (Fsp3) is 0.273. The first-order valence-corrected chi connectivity index (χ1v) is 6.11. The van der Waals surface area contributed by atoms with E-state index in [2.05, 4.69) is 22.3 Å². The normalized spacial score (nSPS) is 10.4. The first-order valence-electron chi connectivity index (χ1n) is 4.72. The van der Waals surface area contributed by atoms with E-state index in [0.717, 1.165) is 29.0 Å². The number of thioether (sulfide) groups is 1. The molecule has 0 radical (unpaired) electrons. The van der Waals surface area contributed by atoms with Crippen LogP contribution in [0.2, 0.25) is 0 Å². The van der Waals surface area contributed by atoms with Crippen molar-refractivity contribution in [1.82, 2.24) is 9.97 Å². The lowest BCUT2D eigenvalue weighted by molar-refractivity contribution is 1.01. The molecule has 3 nitrogen and oxygen atoms in total. The number of nitriles is 1. The smallest absolute Gasteiger partial charge is 0.108 e. The van der Waals surface area contributed by atoms with Crippen molar-refractivity contribution in [2.75, 3.05) is 12.0 Å². The fourth-order valence-corrected chi connectivity index (χ4v) is 1.89. The Labute approximate surface area is 92.5 Å². The zero-order valence-corrected chi connectivity index (χ0v) is 9.27. The van der Waals surface area contributed by atoms with Gasteiger partial charge in [0.25, 0.3) is 0 Å². The van der Waals surface area contributed by atoms with Crippen LogP contribution in [0.3, 0.4) is 0 Å². The molecule has 0 bridgehead atoms. The Kier molecular flexibility index (Phi) is 2.93. The maximum absolute atomic E-state index is 8.91. The van der Waals surface area contributed by atoms with Crippen molar-refractivity contribution >= 4 is 22.8 Å². The monoisotopic (exact) mass is 217 g/mol. The van der Waals surface area contributed by atoms with Crippen molar-refractivity contribution in [3.05, 3.63) is 29.6 Å². The summed E-state index contributed by atoms with van der Waals surface area (Å²) in [6.07, 6.45) is 2.99. The van der Waals surface area contributed by atoms with Gasteiger partial charge in [0.15, 0.2) is 0 Å². The second kappa shape index (κ2) is 4.37. The number of hydrogen-bond donors (Lipinski definition) is 1. The third-order valence-electron chi connectivity index (χ3n) is 2.23. The number of imidazole rings is 1. The molecule has 1 aromatic heterocycles. The van der Waals surface area contributed by atoms with E-state index in [4.69, 9.17) is 5.26 Å². The zero-order chi connectivity index (χ0) is 10.7. The Balaban J connectivity index is 2.42. The van der Waals surface area contributed by atoms with Crippen molar-refractivity contribution in [2.24, 2.45) is 0 Å². The van der Waals surface area contributed by atoms with Gasteiger partial charge in [-0.3, -0.25) is 0 Å². The first-order chi connectivity index (χ1) is 7.35. The minimum Gasteiger partial charge on any atom is -0.342 e. The third-order valence-corrected chi connectivity index (χ3v) is 2.84. The summed E-state index contributed by atoms with van der Waals surface area (Å²) in [5.41, 5.74) is 2.38. The van der Waals surface area contributed by atoms with Crippen molar-refractivity contribution in [2.45, 2.75) is 6.42 Å². The molecule has 0 saturated heterocycles. The molecule has 0 aliphatic heterocycles. The van der Waals surface area contributed by atoms with E-state index in [1.54, 1.807) is 17.8 Å². The van der Waals surface area contributed by atoms with Crippen LogP contribution < -0.4 is 0 Å². The van der Waals surface area contributed by atoms with Gasteiger partial charge >= 0.3 is 0 Å². The minimum atomic E-state index is 0.638. The van der Waals surface area contributed by atoms with Gasteiger partial charge in [-0.05, 0) is 18.4 Å². The van der Waals surface area contributed by atoms with E-state index in [9.17, 15) is 0 Å². The lowest BCUT2D eigenvalue weighted by Gasteiger charge is -1.90. The van der Waals surface area contributed by atoms with E-state index in [1.165, 1.54) is 0 Å². The van der Waals surface area contributed by atoms with Crippen LogP contribution in [-0.4, -0.2) is 22.0 Å². The number of aryl methyl sites for hydroxylation is 1. The van der Waals surface area contributed by atoms with E-state index in [1.807, 2.05) is 12.1 Å². The predicted molar refractivity (Wildman–Crippen MR) is 62.9 cm³/mol. The summed E-state index contributed by atoms with van der Waals surface area (Å²) in [4.78, 5) is 7.66. The highest BCUT2D eigenvalue weighted by Gasteiger charge is 2.05. The molecule has 0 saturated carbocycles. The number of nitrogens with one attached hydrogen (secondary N) is 1. The molecule has 1 heterocycles. The molecule has 0 amide bonds. The molecule has 76 valence electrons. The summed E-state index contributed by atoms with van der Waals surface area (Å²) in [7, 11) is 0. The van der Waals surface area contributed by atoms with Crippen LogP contribution in [0.25, 0.3) is 11.0 Å². The molecule has 15 heavy (non-hydrogen) atoms. The number of rotatable bonds is 3. The van der Waals surface area contributed by atoms with Crippen LogP contribution in [-0.2, 0) is 6.42 Å². The molecule has 1 aromatic carbocycles.